The molecule has 0 saturated carbocycles. The highest BCUT2D eigenvalue weighted by Gasteiger charge is 2.38. The maximum Gasteiger partial charge on any atom is 0.323 e. The van der Waals surface area contributed by atoms with Crippen LogP contribution in [0.25, 0.3) is 11.0 Å². The number of halogens is 1. The van der Waals surface area contributed by atoms with E-state index in [2.05, 4.69) is 25.9 Å². The molecular formula is C12H16BrN3O3S. The molecule has 1 aromatic carbocycles. The van der Waals surface area contributed by atoms with Gasteiger partial charge in [-0.25, -0.2) is 13.2 Å². The Bertz CT molecular complexity index is 820. The van der Waals surface area contributed by atoms with Crippen molar-refractivity contribution in [2.45, 2.75) is 24.6 Å². The largest absolute Gasteiger partial charge is 0.323 e. The van der Waals surface area contributed by atoms with E-state index in [4.69, 9.17) is 5.73 Å². The normalized spacial score (nSPS) is 14.7. The lowest BCUT2D eigenvalue weighted by molar-refractivity contribution is 0.496. The average Bonchev–Trinajstić information content (AvgIpc) is 2.64. The van der Waals surface area contributed by atoms with Crippen LogP contribution in [0.2, 0.25) is 0 Å². The van der Waals surface area contributed by atoms with E-state index in [1.807, 2.05) is 0 Å². The van der Waals surface area contributed by atoms with Crippen molar-refractivity contribution in [2.24, 2.45) is 5.73 Å². The van der Waals surface area contributed by atoms with Crippen molar-refractivity contribution in [1.29, 1.82) is 0 Å². The number of rotatable bonds is 3. The van der Waals surface area contributed by atoms with Crippen LogP contribution in [-0.2, 0) is 9.84 Å². The first-order chi connectivity index (χ1) is 9.04. The molecule has 4 N–H and O–H groups in total. The predicted molar refractivity (Wildman–Crippen MR) is 82.5 cm³/mol. The van der Waals surface area contributed by atoms with E-state index < -0.39 is 20.6 Å². The molecule has 0 bridgehead atoms. The van der Waals surface area contributed by atoms with E-state index >= 15 is 0 Å². The highest BCUT2D eigenvalue weighted by atomic mass is 79.9. The molecule has 20 heavy (non-hydrogen) atoms. The fraction of sp³-hybridized carbons (Fsp3) is 0.417. The zero-order chi connectivity index (χ0) is 15.3. The fourth-order valence-corrected chi connectivity index (χ4v) is 3.09. The van der Waals surface area contributed by atoms with Crippen LogP contribution in [-0.4, -0.2) is 29.4 Å². The summed E-state index contributed by atoms with van der Waals surface area (Å²) in [7, 11) is -3.34. The minimum Gasteiger partial charge on any atom is -0.323 e. The molecule has 0 saturated heterocycles. The Morgan fingerprint density at radius 2 is 1.75 bits per heavy atom. The van der Waals surface area contributed by atoms with Gasteiger partial charge in [-0.05, 0) is 31.5 Å². The summed E-state index contributed by atoms with van der Waals surface area (Å²) in [6.07, 6.45) is 1.16. The Hall–Kier alpha value is -1.12. The smallest absolute Gasteiger partial charge is 0.323 e. The first kappa shape index (κ1) is 15.3. The Balaban J connectivity index is 2.63. The minimum absolute atomic E-state index is 0.319. The number of aromatic nitrogens is 2. The van der Waals surface area contributed by atoms with Gasteiger partial charge in [0, 0.05) is 16.8 Å². The molecule has 0 fully saturated rings. The summed E-state index contributed by atoms with van der Waals surface area (Å²) in [6.45, 7) is 3.17. The molecule has 1 atom stereocenters. The van der Waals surface area contributed by atoms with Gasteiger partial charge in [-0.3, -0.25) is 0 Å². The van der Waals surface area contributed by atoms with Gasteiger partial charge < -0.3 is 15.7 Å². The lowest BCUT2D eigenvalue weighted by Crippen LogP contribution is -2.42. The van der Waals surface area contributed by atoms with Crippen LogP contribution in [0, 0.1) is 0 Å². The summed E-state index contributed by atoms with van der Waals surface area (Å²) >= 11 is 3.38. The lowest BCUT2D eigenvalue weighted by atomic mass is 9.96. The van der Waals surface area contributed by atoms with Crippen molar-refractivity contribution >= 4 is 36.8 Å². The number of H-pyrrole nitrogens is 2. The molecule has 2 aromatic rings. The van der Waals surface area contributed by atoms with Gasteiger partial charge in [0.2, 0.25) is 0 Å². The third kappa shape index (κ3) is 2.43. The predicted octanol–water partition coefficient (Wildman–Crippen LogP) is 1.44. The van der Waals surface area contributed by atoms with Crippen LogP contribution in [0.4, 0.5) is 0 Å². The van der Waals surface area contributed by atoms with Gasteiger partial charge in [-0.15, -0.1) is 0 Å². The molecule has 1 unspecified atom stereocenters. The van der Waals surface area contributed by atoms with E-state index in [0.717, 1.165) is 6.26 Å². The second kappa shape index (κ2) is 4.71. The van der Waals surface area contributed by atoms with Crippen LogP contribution in [0.5, 0.6) is 0 Å². The lowest BCUT2D eigenvalue weighted by Gasteiger charge is -2.30. The van der Waals surface area contributed by atoms with Crippen LogP contribution in [0.3, 0.4) is 0 Å². The number of nitrogens with two attached hydrogens (primary N) is 1. The van der Waals surface area contributed by atoms with Crippen LogP contribution in [0.1, 0.15) is 25.5 Å². The van der Waals surface area contributed by atoms with E-state index in [9.17, 15) is 13.2 Å². The summed E-state index contributed by atoms with van der Waals surface area (Å²) in [5, 5.41) is 0. The van der Waals surface area contributed by atoms with Gasteiger partial charge in [0.1, 0.15) is 0 Å². The quantitative estimate of drug-likeness (QED) is 0.768. The number of nitrogens with one attached hydrogen (secondary N) is 2. The minimum atomic E-state index is -3.34. The molecule has 0 amide bonds. The zero-order valence-corrected chi connectivity index (χ0v) is 13.7. The van der Waals surface area contributed by atoms with Crippen molar-refractivity contribution < 1.29 is 8.42 Å². The third-order valence-corrected chi connectivity index (χ3v) is 6.52. The second-order valence-electron chi connectivity index (χ2n) is 5.35. The second-order valence-corrected chi connectivity index (χ2v) is 8.80. The van der Waals surface area contributed by atoms with E-state index in [0.29, 0.717) is 21.1 Å². The number of aromatic amines is 2. The molecule has 8 heteroatoms. The van der Waals surface area contributed by atoms with Gasteiger partial charge in [0.05, 0.1) is 15.8 Å². The van der Waals surface area contributed by atoms with Crippen molar-refractivity contribution in [3.63, 3.8) is 0 Å². The highest BCUT2D eigenvalue weighted by molar-refractivity contribution is 9.10. The van der Waals surface area contributed by atoms with Crippen LogP contribution >= 0.6 is 15.9 Å². The molecule has 6 nitrogen and oxygen atoms in total. The first-order valence-electron chi connectivity index (χ1n) is 5.90. The maximum atomic E-state index is 11.9. The Labute approximate surface area is 124 Å². The number of imidazole rings is 1. The molecule has 1 heterocycles. The Morgan fingerprint density at radius 1 is 1.25 bits per heavy atom. The number of fused-ring (bicyclic) bond motifs is 1. The maximum absolute atomic E-state index is 11.9. The monoisotopic (exact) mass is 361 g/mol. The third-order valence-electron chi connectivity index (χ3n) is 3.67. The van der Waals surface area contributed by atoms with Crippen molar-refractivity contribution in [1.82, 2.24) is 9.97 Å². The standard InChI is InChI=1S/C12H16BrN3O3S/c1-12(2,20(3,18)19)10(14)6-4-8-9(5-7(6)13)16-11(17)15-8/h4-5,10H,14H2,1-3H3,(H2,15,16,17). The van der Waals surface area contributed by atoms with Gasteiger partial charge in [-0.2, -0.15) is 0 Å². The SMILES string of the molecule is CC(C)(C(N)c1cc2[nH]c(=O)[nH]c2cc1Br)S(C)(=O)=O. The summed E-state index contributed by atoms with van der Waals surface area (Å²) in [5.41, 5.74) is 7.68. The molecule has 0 aliphatic carbocycles. The molecule has 2 rings (SSSR count). The Kier molecular flexibility index (Phi) is 3.60. The summed E-state index contributed by atoms with van der Waals surface area (Å²) in [5.74, 6) is 0. The molecule has 0 aliphatic heterocycles. The summed E-state index contributed by atoms with van der Waals surface area (Å²) in [4.78, 5) is 16.6. The number of sulfone groups is 1. The van der Waals surface area contributed by atoms with E-state index in [1.54, 1.807) is 26.0 Å². The molecule has 110 valence electrons. The average molecular weight is 362 g/mol. The Morgan fingerprint density at radius 3 is 2.25 bits per heavy atom. The van der Waals surface area contributed by atoms with Gasteiger partial charge in [0.15, 0.2) is 9.84 Å². The molecular weight excluding hydrogens is 346 g/mol. The molecule has 0 spiro atoms. The number of hydrogen-bond donors (Lipinski definition) is 3. The van der Waals surface area contributed by atoms with Gasteiger partial charge >= 0.3 is 5.69 Å². The van der Waals surface area contributed by atoms with Crippen molar-refractivity contribution in [3.8, 4) is 0 Å². The summed E-state index contributed by atoms with van der Waals surface area (Å²) in [6, 6.07) is 2.67. The zero-order valence-electron chi connectivity index (χ0n) is 11.3. The van der Waals surface area contributed by atoms with Crippen LogP contribution < -0.4 is 11.4 Å². The molecule has 0 aliphatic rings. The van der Waals surface area contributed by atoms with Crippen molar-refractivity contribution in [3.05, 3.63) is 32.7 Å². The highest BCUT2D eigenvalue weighted by Crippen LogP contribution is 2.35. The van der Waals surface area contributed by atoms with E-state index in [-0.39, 0.29) is 5.69 Å². The molecule has 0 radical (unpaired) electrons. The van der Waals surface area contributed by atoms with Gasteiger partial charge in [-0.1, -0.05) is 15.9 Å². The molecule has 1 aromatic heterocycles. The summed E-state index contributed by atoms with van der Waals surface area (Å²) < 4.78 is 23.3. The van der Waals surface area contributed by atoms with E-state index in [1.165, 1.54) is 0 Å². The number of benzene rings is 1. The van der Waals surface area contributed by atoms with Crippen molar-refractivity contribution in [2.75, 3.05) is 6.26 Å². The van der Waals surface area contributed by atoms with Crippen LogP contribution in [0.15, 0.2) is 21.4 Å². The van der Waals surface area contributed by atoms with Gasteiger partial charge in [0.25, 0.3) is 0 Å². The number of hydrogen-bond acceptors (Lipinski definition) is 4. The fourth-order valence-electron chi connectivity index (χ4n) is 1.92. The first-order valence-corrected chi connectivity index (χ1v) is 8.59. The topological polar surface area (TPSA) is 109 Å².